The van der Waals surface area contributed by atoms with Crippen molar-refractivity contribution < 1.29 is 19.2 Å². The van der Waals surface area contributed by atoms with Crippen molar-refractivity contribution in [2.75, 3.05) is 4.90 Å². The van der Waals surface area contributed by atoms with Crippen molar-refractivity contribution >= 4 is 69.6 Å². The van der Waals surface area contributed by atoms with Gasteiger partial charge in [0.05, 0.1) is 15.7 Å². The third kappa shape index (κ3) is 3.78. The molecule has 5 amide bonds. The molecule has 0 saturated carbocycles. The zero-order valence-electron chi connectivity index (χ0n) is 15.8. The molecule has 1 fully saturated rings. The Labute approximate surface area is 185 Å². The number of urea groups is 1. The Kier molecular flexibility index (Phi) is 5.26. The van der Waals surface area contributed by atoms with Crippen LogP contribution in [0.4, 0.5) is 10.5 Å². The molecule has 3 aromatic rings. The molecule has 2 heterocycles. The lowest BCUT2D eigenvalue weighted by Gasteiger charge is -2.26. The summed E-state index contributed by atoms with van der Waals surface area (Å²) in [6, 6.07) is 10.5. The number of imide groups is 2. The first-order valence-electron chi connectivity index (χ1n) is 8.99. The largest absolute Gasteiger partial charge is 0.368 e. The molecule has 0 aliphatic carbocycles. The second kappa shape index (κ2) is 7.90. The summed E-state index contributed by atoms with van der Waals surface area (Å²) >= 11 is 11.9. The predicted molar refractivity (Wildman–Crippen MR) is 117 cm³/mol. The molecule has 4 rings (SSSR count). The number of hydrogen-bond donors (Lipinski definition) is 2. The Balaban J connectivity index is 1.81. The number of barbiturate groups is 1. The van der Waals surface area contributed by atoms with Crippen molar-refractivity contribution in [1.82, 2.24) is 9.88 Å². The van der Waals surface area contributed by atoms with Crippen LogP contribution < -0.4 is 16.0 Å². The van der Waals surface area contributed by atoms with Crippen LogP contribution in [-0.4, -0.2) is 28.3 Å². The lowest BCUT2D eigenvalue weighted by Crippen LogP contribution is -2.54. The second-order valence-electron chi connectivity index (χ2n) is 6.75. The molecule has 31 heavy (non-hydrogen) atoms. The minimum atomic E-state index is -0.901. The van der Waals surface area contributed by atoms with Gasteiger partial charge in [0.25, 0.3) is 11.8 Å². The Hall–Kier alpha value is -3.62. The number of halogens is 2. The fourth-order valence-corrected chi connectivity index (χ4v) is 3.65. The zero-order valence-corrected chi connectivity index (χ0v) is 17.3. The van der Waals surface area contributed by atoms with Crippen molar-refractivity contribution in [3.05, 3.63) is 69.8 Å². The number of nitrogens with zero attached hydrogens (tertiary/aromatic N) is 2. The highest BCUT2D eigenvalue weighted by Gasteiger charge is 2.37. The summed E-state index contributed by atoms with van der Waals surface area (Å²) in [5.74, 6) is -2.19. The molecule has 3 N–H and O–H groups in total. The molecular weight excluding hydrogens is 443 g/mol. The first-order valence-corrected chi connectivity index (χ1v) is 9.74. The molecule has 156 valence electrons. The molecule has 0 unspecified atom stereocenters. The summed E-state index contributed by atoms with van der Waals surface area (Å²) in [4.78, 5) is 50.1. The van der Waals surface area contributed by atoms with Crippen LogP contribution >= 0.6 is 23.2 Å². The summed E-state index contributed by atoms with van der Waals surface area (Å²) in [7, 11) is 0. The fourth-order valence-electron chi connectivity index (χ4n) is 3.36. The number of hydrogen-bond acceptors (Lipinski definition) is 4. The van der Waals surface area contributed by atoms with E-state index in [1.165, 1.54) is 24.3 Å². The molecule has 2 aromatic carbocycles. The van der Waals surface area contributed by atoms with E-state index in [2.05, 4.69) is 5.32 Å². The standard InChI is InChI=1S/C21H14Cl2N4O4/c22-15-6-5-12(8-16(15)23)27-20(30)14(19(29)25-21(27)31)7-11-9-26(10-18(24)28)17-4-2-1-3-13(11)17/h1-9H,10H2,(H2,24,28)(H,25,29,31). The van der Waals surface area contributed by atoms with Crippen LogP contribution in [0.25, 0.3) is 17.0 Å². The van der Waals surface area contributed by atoms with Gasteiger partial charge in [-0.2, -0.15) is 0 Å². The van der Waals surface area contributed by atoms with Crippen molar-refractivity contribution in [3.8, 4) is 0 Å². The lowest BCUT2D eigenvalue weighted by molar-refractivity contribution is -0.122. The smallest absolute Gasteiger partial charge is 0.335 e. The van der Waals surface area contributed by atoms with Gasteiger partial charge in [-0.05, 0) is 30.3 Å². The Morgan fingerprint density at radius 1 is 1.06 bits per heavy atom. The van der Waals surface area contributed by atoms with Crippen molar-refractivity contribution in [1.29, 1.82) is 0 Å². The summed E-state index contributed by atoms with van der Waals surface area (Å²) in [6.45, 7) is -0.0717. The molecule has 1 aliphatic heterocycles. The minimum absolute atomic E-state index is 0.0717. The molecule has 1 aromatic heterocycles. The second-order valence-corrected chi connectivity index (χ2v) is 7.57. The highest BCUT2D eigenvalue weighted by Crippen LogP contribution is 2.30. The number of aromatic nitrogens is 1. The predicted octanol–water partition coefficient (Wildman–Crippen LogP) is 3.10. The van der Waals surface area contributed by atoms with Gasteiger partial charge < -0.3 is 10.3 Å². The highest BCUT2D eigenvalue weighted by molar-refractivity contribution is 6.43. The number of amides is 5. The SMILES string of the molecule is NC(=O)Cn1cc(C=C2C(=O)NC(=O)N(c3ccc(Cl)c(Cl)c3)C2=O)c2ccccc21. The molecule has 0 spiro atoms. The summed E-state index contributed by atoms with van der Waals surface area (Å²) in [5, 5.41) is 3.26. The number of para-hydroxylation sites is 1. The van der Waals surface area contributed by atoms with Gasteiger partial charge in [-0.1, -0.05) is 41.4 Å². The van der Waals surface area contributed by atoms with E-state index in [0.29, 0.717) is 16.5 Å². The van der Waals surface area contributed by atoms with Crippen molar-refractivity contribution in [3.63, 3.8) is 0 Å². The van der Waals surface area contributed by atoms with E-state index in [-0.39, 0.29) is 27.9 Å². The highest BCUT2D eigenvalue weighted by atomic mass is 35.5. The van der Waals surface area contributed by atoms with Crippen LogP contribution in [0, 0.1) is 0 Å². The minimum Gasteiger partial charge on any atom is -0.368 e. The summed E-state index contributed by atoms with van der Waals surface area (Å²) in [5.41, 5.74) is 6.43. The van der Waals surface area contributed by atoms with Gasteiger partial charge in [0.2, 0.25) is 5.91 Å². The maximum absolute atomic E-state index is 13.1. The summed E-state index contributed by atoms with van der Waals surface area (Å²) < 4.78 is 1.62. The van der Waals surface area contributed by atoms with Gasteiger partial charge in [-0.3, -0.25) is 19.7 Å². The maximum atomic E-state index is 13.1. The molecule has 1 aliphatic rings. The van der Waals surface area contributed by atoms with Gasteiger partial charge in [-0.25, -0.2) is 9.69 Å². The molecule has 0 radical (unpaired) electrons. The number of fused-ring (bicyclic) bond motifs is 1. The quantitative estimate of drug-likeness (QED) is 0.463. The topological polar surface area (TPSA) is 114 Å². The molecule has 0 atom stereocenters. The number of nitrogens with two attached hydrogens (primary N) is 1. The van der Waals surface area contributed by atoms with Crippen molar-refractivity contribution in [2.45, 2.75) is 6.54 Å². The van der Waals surface area contributed by atoms with Crippen LogP contribution in [0.15, 0.2) is 54.2 Å². The number of benzene rings is 2. The fraction of sp³-hybridized carbons (Fsp3) is 0.0476. The van der Waals surface area contributed by atoms with E-state index >= 15 is 0 Å². The first-order chi connectivity index (χ1) is 14.8. The van der Waals surface area contributed by atoms with Gasteiger partial charge in [0.15, 0.2) is 0 Å². The number of nitrogens with one attached hydrogen (secondary N) is 1. The van der Waals surface area contributed by atoms with Gasteiger partial charge in [0.1, 0.15) is 12.1 Å². The third-order valence-corrected chi connectivity index (χ3v) is 5.45. The number of carbonyl (C=O) groups is 4. The van der Waals surface area contributed by atoms with Crippen LogP contribution in [0.5, 0.6) is 0 Å². The number of carbonyl (C=O) groups excluding carboxylic acids is 4. The molecule has 8 nitrogen and oxygen atoms in total. The van der Waals surface area contributed by atoms with Crippen LogP contribution in [-0.2, 0) is 20.9 Å². The van der Waals surface area contributed by atoms with E-state index in [9.17, 15) is 19.2 Å². The Morgan fingerprint density at radius 3 is 2.52 bits per heavy atom. The van der Waals surface area contributed by atoms with E-state index in [0.717, 1.165) is 4.90 Å². The van der Waals surface area contributed by atoms with Gasteiger partial charge >= 0.3 is 6.03 Å². The normalized spacial score (nSPS) is 15.6. The number of anilines is 1. The van der Waals surface area contributed by atoms with Crippen molar-refractivity contribution in [2.24, 2.45) is 5.73 Å². The monoisotopic (exact) mass is 456 g/mol. The average molecular weight is 457 g/mol. The van der Waals surface area contributed by atoms with E-state index in [4.69, 9.17) is 28.9 Å². The summed E-state index contributed by atoms with van der Waals surface area (Å²) in [6.07, 6.45) is 2.98. The van der Waals surface area contributed by atoms with Crippen LogP contribution in [0.3, 0.4) is 0 Å². The van der Waals surface area contributed by atoms with Gasteiger partial charge in [-0.15, -0.1) is 0 Å². The Bertz CT molecular complexity index is 1310. The number of rotatable bonds is 4. The first kappa shape index (κ1) is 20.6. The van der Waals surface area contributed by atoms with E-state index in [1.807, 2.05) is 0 Å². The Morgan fingerprint density at radius 2 is 1.81 bits per heavy atom. The molecule has 0 bridgehead atoms. The average Bonchev–Trinajstić information content (AvgIpc) is 3.04. The van der Waals surface area contributed by atoms with Crippen LogP contribution in [0.2, 0.25) is 10.0 Å². The molecule has 1 saturated heterocycles. The number of primary amides is 1. The van der Waals surface area contributed by atoms with E-state index in [1.54, 1.807) is 35.0 Å². The molecule has 10 heteroatoms. The van der Waals surface area contributed by atoms with E-state index < -0.39 is 23.8 Å². The zero-order chi connectivity index (χ0) is 22.3. The third-order valence-electron chi connectivity index (χ3n) is 4.71. The van der Waals surface area contributed by atoms with Crippen LogP contribution in [0.1, 0.15) is 5.56 Å². The lowest BCUT2D eigenvalue weighted by atomic mass is 10.1. The maximum Gasteiger partial charge on any atom is 0.335 e. The molecular formula is C21H14Cl2N4O4. The van der Waals surface area contributed by atoms with Gasteiger partial charge in [0, 0.05) is 22.7 Å².